The van der Waals surface area contributed by atoms with Crippen LogP contribution in [0.1, 0.15) is 16.5 Å². The zero-order chi connectivity index (χ0) is 12.9. The summed E-state index contributed by atoms with van der Waals surface area (Å²) in [7, 11) is 0. The van der Waals surface area contributed by atoms with Crippen molar-refractivity contribution in [1.29, 1.82) is 0 Å². The molecule has 2 aromatic rings. The lowest BCUT2D eigenvalue weighted by molar-refractivity contribution is 0.119. The number of hydrogen-bond donors (Lipinski definition) is 1. The first-order valence-corrected chi connectivity index (χ1v) is 6.64. The van der Waals surface area contributed by atoms with Crippen LogP contribution >= 0.6 is 11.3 Å². The van der Waals surface area contributed by atoms with Gasteiger partial charge >= 0.3 is 0 Å². The summed E-state index contributed by atoms with van der Waals surface area (Å²) < 4.78 is 6.69. The average molecular weight is 266 g/mol. The van der Waals surface area contributed by atoms with E-state index in [1.54, 1.807) is 0 Å². The van der Waals surface area contributed by atoms with Crippen LogP contribution in [-0.2, 0) is 4.74 Å². The maximum atomic E-state index is 12.5. The van der Waals surface area contributed by atoms with Crippen LogP contribution in [0.3, 0.4) is 0 Å². The van der Waals surface area contributed by atoms with Crippen molar-refractivity contribution in [1.82, 2.24) is 9.55 Å². The molecule has 0 aromatic carbocycles. The van der Waals surface area contributed by atoms with Gasteiger partial charge in [0.05, 0.1) is 31.0 Å². The molecular formula is C12H14N2O3S. The van der Waals surface area contributed by atoms with Crippen molar-refractivity contribution in [2.75, 3.05) is 13.2 Å². The van der Waals surface area contributed by atoms with E-state index in [1.807, 2.05) is 13.8 Å². The van der Waals surface area contributed by atoms with Gasteiger partial charge in [-0.25, -0.2) is 4.98 Å². The van der Waals surface area contributed by atoms with Crippen LogP contribution < -0.4 is 5.56 Å². The van der Waals surface area contributed by atoms with Gasteiger partial charge in [0.2, 0.25) is 0 Å². The first-order chi connectivity index (χ1) is 8.59. The molecule has 1 fully saturated rings. The summed E-state index contributed by atoms with van der Waals surface area (Å²) >= 11 is 1.53. The second kappa shape index (κ2) is 4.15. The summed E-state index contributed by atoms with van der Waals surface area (Å²) in [6.45, 7) is 4.55. The molecule has 3 heterocycles. The first kappa shape index (κ1) is 11.8. The summed E-state index contributed by atoms with van der Waals surface area (Å²) in [5.74, 6) is 0. The summed E-state index contributed by atoms with van der Waals surface area (Å²) in [4.78, 5) is 18.6. The van der Waals surface area contributed by atoms with E-state index in [2.05, 4.69) is 4.98 Å². The molecule has 5 nitrogen and oxygen atoms in total. The predicted octanol–water partition coefficient (Wildman–Crippen LogP) is 1.01. The standard InChI is InChI=1S/C12H14N2O3S/c1-6-7(2)18-11-10(6)12(16)14(5-13-11)8-3-17-4-9(8)15/h5,8-9,15H,3-4H2,1-2H3/t8-,9-/m0/s1. The summed E-state index contributed by atoms with van der Waals surface area (Å²) in [5, 5.41) is 10.5. The van der Waals surface area contributed by atoms with Crippen molar-refractivity contribution < 1.29 is 9.84 Å². The van der Waals surface area contributed by atoms with Crippen LogP contribution in [0.25, 0.3) is 10.2 Å². The van der Waals surface area contributed by atoms with Crippen molar-refractivity contribution in [3.63, 3.8) is 0 Å². The van der Waals surface area contributed by atoms with Crippen molar-refractivity contribution in [3.05, 3.63) is 27.1 Å². The number of aryl methyl sites for hydroxylation is 2. The number of thiophene rings is 1. The smallest absolute Gasteiger partial charge is 0.262 e. The molecule has 1 N–H and O–H groups in total. The van der Waals surface area contributed by atoms with Gasteiger partial charge < -0.3 is 9.84 Å². The zero-order valence-corrected chi connectivity index (χ0v) is 11.0. The van der Waals surface area contributed by atoms with Crippen LogP contribution in [0.2, 0.25) is 0 Å². The van der Waals surface area contributed by atoms with Gasteiger partial charge in [-0.2, -0.15) is 0 Å². The van der Waals surface area contributed by atoms with Crippen LogP contribution in [0.5, 0.6) is 0 Å². The molecule has 96 valence electrons. The average Bonchev–Trinajstić information content (AvgIpc) is 2.86. The van der Waals surface area contributed by atoms with Gasteiger partial charge in [-0.1, -0.05) is 0 Å². The van der Waals surface area contributed by atoms with Gasteiger partial charge in [-0.15, -0.1) is 11.3 Å². The van der Waals surface area contributed by atoms with Crippen LogP contribution in [0.4, 0.5) is 0 Å². The molecule has 18 heavy (non-hydrogen) atoms. The number of fused-ring (bicyclic) bond motifs is 1. The lowest BCUT2D eigenvalue weighted by Crippen LogP contribution is -2.31. The zero-order valence-electron chi connectivity index (χ0n) is 10.2. The van der Waals surface area contributed by atoms with E-state index < -0.39 is 6.10 Å². The highest BCUT2D eigenvalue weighted by molar-refractivity contribution is 7.18. The minimum absolute atomic E-state index is 0.0867. The number of nitrogens with zero attached hydrogens (tertiary/aromatic N) is 2. The maximum absolute atomic E-state index is 12.5. The fraction of sp³-hybridized carbons (Fsp3) is 0.500. The van der Waals surface area contributed by atoms with E-state index in [0.29, 0.717) is 12.0 Å². The Morgan fingerprint density at radius 1 is 1.50 bits per heavy atom. The highest BCUT2D eigenvalue weighted by Gasteiger charge is 2.29. The van der Waals surface area contributed by atoms with Crippen LogP contribution in [0, 0.1) is 13.8 Å². The van der Waals surface area contributed by atoms with E-state index in [-0.39, 0.29) is 18.2 Å². The molecule has 0 unspecified atom stereocenters. The Kier molecular flexibility index (Phi) is 2.73. The summed E-state index contributed by atoms with van der Waals surface area (Å²) in [6.07, 6.45) is 0.879. The number of aromatic nitrogens is 2. The molecule has 1 aliphatic rings. The van der Waals surface area contributed by atoms with Crippen molar-refractivity contribution >= 4 is 21.6 Å². The number of aliphatic hydroxyl groups excluding tert-OH is 1. The molecule has 1 aliphatic heterocycles. The molecule has 0 radical (unpaired) electrons. The highest BCUT2D eigenvalue weighted by Crippen LogP contribution is 2.26. The Bertz CT molecular complexity index is 661. The molecular weight excluding hydrogens is 252 g/mol. The Hall–Kier alpha value is -1.24. The van der Waals surface area contributed by atoms with E-state index in [1.165, 1.54) is 22.2 Å². The Morgan fingerprint density at radius 3 is 2.94 bits per heavy atom. The third kappa shape index (κ3) is 1.60. The lowest BCUT2D eigenvalue weighted by atomic mass is 10.2. The molecule has 0 bridgehead atoms. The third-order valence-corrected chi connectivity index (χ3v) is 4.61. The molecule has 0 spiro atoms. The van der Waals surface area contributed by atoms with Gasteiger partial charge in [0.15, 0.2) is 0 Å². The lowest BCUT2D eigenvalue weighted by Gasteiger charge is -2.15. The third-order valence-electron chi connectivity index (χ3n) is 3.49. The van der Waals surface area contributed by atoms with E-state index in [0.717, 1.165) is 15.3 Å². The monoisotopic (exact) mass is 266 g/mol. The van der Waals surface area contributed by atoms with E-state index in [4.69, 9.17) is 4.74 Å². The molecule has 0 aliphatic carbocycles. The largest absolute Gasteiger partial charge is 0.388 e. The number of hydrogen-bond acceptors (Lipinski definition) is 5. The van der Waals surface area contributed by atoms with Gasteiger partial charge in [0, 0.05) is 4.88 Å². The first-order valence-electron chi connectivity index (χ1n) is 5.82. The van der Waals surface area contributed by atoms with Crippen molar-refractivity contribution in [3.8, 4) is 0 Å². The van der Waals surface area contributed by atoms with Gasteiger partial charge in [-0.3, -0.25) is 9.36 Å². The molecule has 0 saturated carbocycles. The number of aliphatic hydroxyl groups is 1. The Labute approximate surface area is 108 Å². The minimum Gasteiger partial charge on any atom is -0.388 e. The summed E-state index contributed by atoms with van der Waals surface area (Å²) in [6, 6.07) is -0.325. The van der Waals surface area contributed by atoms with Gasteiger partial charge in [0.1, 0.15) is 10.9 Å². The van der Waals surface area contributed by atoms with Crippen molar-refractivity contribution in [2.45, 2.75) is 26.0 Å². The van der Waals surface area contributed by atoms with Gasteiger partial charge in [0.25, 0.3) is 5.56 Å². The molecule has 2 aromatic heterocycles. The number of ether oxygens (including phenoxy) is 1. The molecule has 3 rings (SSSR count). The quantitative estimate of drug-likeness (QED) is 0.836. The topological polar surface area (TPSA) is 64.3 Å². The van der Waals surface area contributed by atoms with E-state index in [9.17, 15) is 9.90 Å². The number of rotatable bonds is 1. The van der Waals surface area contributed by atoms with Crippen LogP contribution in [0.15, 0.2) is 11.1 Å². The second-order valence-corrected chi connectivity index (χ2v) is 5.80. The molecule has 2 atom stereocenters. The van der Waals surface area contributed by atoms with Gasteiger partial charge in [-0.05, 0) is 19.4 Å². The van der Waals surface area contributed by atoms with Crippen molar-refractivity contribution in [2.24, 2.45) is 0 Å². The Morgan fingerprint density at radius 2 is 2.28 bits per heavy atom. The molecule has 1 saturated heterocycles. The van der Waals surface area contributed by atoms with E-state index >= 15 is 0 Å². The van der Waals surface area contributed by atoms with Crippen LogP contribution in [-0.4, -0.2) is 34.0 Å². The SMILES string of the molecule is Cc1sc2ncn([C@H]3COC[C@@H]3O)c(=O)c2c1C. The second-order valence-electron chi connectivity index (χ2n) is 4.59. The molecule has 6 heteroatoms. The normalized spacial score (nSPS) is 23.9. The Balaban J connectivity index is 2.23. The fourth-order valence-electron chi connectivity index (χ4n) is 2.28. The minimum atomic E-state index is -0.637. The fourth-order valence-corrected chi connectivity index (χ4v) is 3.27. The predicted molar refractivity (Wildman–Crippen MR) is 69.2 cm³/mol. The summed E-state index contributed by atoms with van der Waals surface area (Å²) in [5.41, 5.74) is 0.895. The molecule has 0 amide bonds. The maximum Gasteiger partial charge on any atom is 0.262 e. The highest BCUT2D eigenvalue weighted by atomic mass is 32.1.